The Morgan fingerprint density at radius 1 is 0.562 bits per heavy atom. The van der Waals surface area contributed by atoms with Gasteiger partial charge in [-0.05, 0) is 189 Å². The number of aromatic nitrogens is 2. The molecule has 2 aliphatic rings. The number of ether oxygens (including phenoxy) is 1. The third-order valence-corrected chi connectivity index (χ3v) is 17.8. The lowest BCUT2D eigenvalue weighted by Crippen LogP contribution is -2.46. The molecular formula is C74H90F8N6O8. The number of halogens is 8. The summed E-state index contributed by atoms with van der Waals surface area (Å²) in [6.07, 6.45) is -8.09. The van der Waals surface area contributed by atoms with Crippen molar-refractivity contribution in [3.63, 3.8) is 0 Å². The number of pyridine rings is 2. The van der Waals surface area contributed by atoms with Gasteiger partial charge in [0.2, 0.25) is 11.8 Å². The highest BCUT2D eigenvalue weighted by atomic mass is 19.4. The van der Waals surface area contributed by atoms with Crippen LogP contribution in [-0.4, -0.2) is 93.7 Å². The van der Waals surface area contributed by atoms with E-state index in [0.29, 0.717) is 53.7 Å². The average molecular weight is 1340 g/mol. The van der Waals surface area contributed by atoms with Gasteiger partial charge in [0, 0.05) is 74.9 Å². The monoisotopic (exact) mass is 1340 g/mol. The van der Waals surface area contributed by atoms with Gasteiger partial charge in [0.25, 0.3) is 11.1 Å². The first-order chi connectivity index (χ1) is 44.9. The fourth-order valence-corrected chi connectivity index (χ4v) is 13.3. The van der Waals surface area contributed by atoms with E-state index < -0.39 is 107 Å². The van der Waals surface area contributed by atoms with Crippen molar-refractivity contribution >= 4 is 23.8 Å². The van der Waals surface area contributed by atoms with Crippen molar-refractivity contribution in [2.75, 3.05) is 45.9 Å². The Hall–Kier alpha value is -7.98. The first-order valence-corrected chi connectivity index (χ1v) is 32.8. The number of hydrogen-bond acceptors (Lipinski definition) is 9. The molecule has 2 fully saturated rings. The summed E-state index contributed by atoms with van der Waals surface area (Å²) in [7, 11) is 0. The van der Waals surface area contributed by atoms with Gasteiger partial charge in [-0.2, -0.15) is 26.3 Å². The third kappa shape index (κ3) is 19.0. The molecule has 96 heavy (non-hydrogen) atoms. The summed E-state index contributed by atoms with van der Waals surface area (Å²) in [6.45, 7) is 27.8. The van der Waals surface area contributed by atoms with Gasteiger partial charge in [0.15, 0.2) is 0 Å². The van der Waals surface area contributed by atoms with Gasteiger partial charge in [-0.25, -0.2) is 8.78 Å². The number of carbonyl (C=O) groups excluding carboxylic acids is 3. The molecule has 4 atom stereocenters. The van der Waals surface area contributed by atoms with Gasteiger partial charge in [-0.1, -0.05) is 77.9 Å². The fourth-order valence-electron chi connectivity index (χ4n) is 13.3. The van der Waals surface area contributed by atoms with E-state index >= 15 is 8.78 Å². The molecule has 0 saturated carbocycles. The maximum absolute atomic E-state index is 16.0. The van der Waals surface area contributed by atoms with Crippen LogP contribution in [0.1, 0.15) is 165 Å². The number of esters is 1. The first-order valence-electron chi connectivity index (χ1n) is 32.8. The Labute approximate surface area is 556 Å². The predicted octanol–water partition coefficient (Wildman–Crippen LogP) is 14.5. The number of carbonyl (C=O) groups is 4. The lowest BCUT2D eigenvalue weighted by molar-refractivity contribution is -0.144. The quantitative estimate of drug-likeness (QED) is 0.0370. The van der Waals surface area contributed by atoms with Crippen LogP contribution in [0.15, 0.2) is 94.8 Å². The number of aliphatic carboxylic acids is 1. The fraction of sp³-hybridized carbons (Fsp3) is 0.486. The predicted molar refractivity (Wildman–Crippen MR) is 354 cm³/mol. The summed E-state index contributed by atoms with van der Waals surface area (Å²) < 4.78 is 123. The second-order valence-corrected chi connectivity index (χ2v) is 27.1. The summed E-state index contributed by atoms with van der Waals surface area (Å²) in [4.78, 5) is 83.7. The van der Waals surface area contributed by atoms with Crippen molar-refractivity contribution < 1.29 is 64.1 Å². The van der Waals surface area contributed by atoms with E-state index in [2.05, 4.69) is 24.5 Å². The van der Waals surface area contributed by atoms with Crippen LogP contribution in [0.25, 0.3) is 22.3 Å². The second-order valence-electron chi connectivity index (χ2n) is 27.1. The zero-order valence-corrected chi connectivity index (χ0v) is 57.0. The van der Waals surface area contributed by atoms with Crippen molar-refractivity contribution in [2.45, 2.75) is 165 Å². The summed E-state index contributed by atoms with van der Waals surface area (Å²) in [6, 6.07) is 14.1. The van der Waals surface area contributed by atoms with Crippen molar-refractivity contribution in [2.24, 2.45) is 23.7 Å². The molecule has 520 valence electrons. The lowest BCUT2D eigenvalue weighted by Gasteiger charge is -2.37. The topological polar surface area (TPSA) is 172 Å². The van der Waals surface area contributed by atoms with Gasteiger partial charge in [-0.15, -0.1) is 0 Å². The maximum atomic E-state index is 16.0. The number of benzene rings is 4. The van der Waals surface area contributed by atoms with Crippen molar-refractivity contribution in [1.29, 1.82) is 0 Å². The molecule has 0 aliphatic carbocycles. The molecule has 14 nitrogen and oxygen atoms in total. The molecule has 4 aromatic carbocycles. The molecule has 2 unspecified atom stereocenters. The summed E-state index contributed by atoms with van der Waals surface area (Å²) >= 11 is 0. The Kier molecular flexibility index (Phi) is 25.1. The molecule has 0 spiro atoms. The standard InChI is InChI=1S/C38H47F4N3O4.C36H43F4N3O4/c1-8-49-34(47)18-31(29-16-28(15-26(7)36(29)39)35-24(5)10-9-11-25(35)6)43-37(48)32(14-22(2)3)45-21-27(12-13-44-19-23(4)20-44)30(17-33(45)46)38(40,41)42;1-20(2)12-30(43-19-25(10-11-42-17-21(3)18-42)28(15-31(43)44)36(38,39)40)35(47)41-29(16-32(45)46)27-14-26(13-24(6)34(27)37)33-22(4)8-7-9-23(33)5/h9-11,15-17,21-23,31-32H,8,12-14,18-20H2,1-7H3,(H,43,48);7-9,13-15,19-21,29-30H,10-12,16-18H2,1-6H3,(H,41,47)(H,45,46)/t31-,32?;29-,30?/m00/s1. The van der Waals surface area contributed by atoms with Gasteiger partial charge in [0.05, 0.1) is 42.7 Å². The zero-order valence-electron chi connectivity index (χ0n) is 57.0. The van der Waals surface area contributed by atoms with E-state index in [-0.39, 0.29) is 71.9 Å². The van der Waals surface area contributed by atoms with E-state index in [1.807, 2.05) is 87.7 Å². The Morgan fingerprint density at radius 3 is 1.23 bits per heavy atom. The van der Waals surface area contributed by atoms with Crippen molar-refractivity contribution in [1.82, 2.24) is 29.6 Å². The van der Waals surface area contributed by atoms with Crippen LogP contribution in [0.4, 0.5) is 35.1 Å². The molecule has 0 bridgehead atoms. The molecule has 2 aliphatic heterocycles. The van der Waals surface area contributed by atoms with E-state index in [1.165, 1.54) is 6.07 Å². The summed E-state index contributed by atoms with van der Waals surface area (Å²) in [5, 5.41) is 15.2. The van der Waals surface area contributed by atoms with E-state index in [1.54, 1.807) is 52.8 Å². The number of hydrogen-bond donors (Lipinski definition) is 3. The summed E-state index contributed by atoms with van der Waals surface area (Å²) in [5.41, 5.74) is 3.22. The molecule has 0 radical (unpaired) electrons. The average Bonchev–Trinajstić information content (AvgIpc) is 0.799. The number of carboxylic acid groups (broad SMARTS) is 1. The van der Waals surface area contributed by atoms with E-state index in [9.17, 15) is 60.2 Å². The second kappa shape index (κ2) is 31.9. The molecule has 6 aromatic rings. The molecule has 2 aromatic heterocycles. The minimum Gasteiger partial charge on any atom is -0.481 e. The number of aryl methyl sites for hydroxylation is 6. The lowest BCUT2D eigenvalue weighted by atomic mass is 9.90. The van der Waals surface area contributed by atoms with Crippen LogP contribution >= 0.6 is 0 Å². The number of alkyl halides is 6. The Morgan fingerprint density at radius 2 is 0.917 bits per heavy atom. The van der Waals surface area contributed by atoms with Crippen LogP contribution in [0.5, 0.6) is 0 Å². The van der Waals surface area contributed by atoms with Crippen LogP contribution in [-0.2, 0) is 49.1 Å². The number of carboxylic acids is 1. The number of likely N-dealkylation sites (tertiary alicyclic amines) is 2. The smallest absolute Gasteiger partial charge is 0.416 e. The van der Waals surface area contributed by atoms with E-state index in [4.69, 9.17) is 4.74 Å². The number of amides is 2. The minimum atomic E-state index is -4.77. The van der Waals surface area contributed by atoms with Crippen LogP contribution in [0, 0.1) is 76.8 Å². The van der Waals surface area contributed by atoms with Crippen molar-refractivity contribution in [3.05, 3.63) is 184 Å². The minimum absolute atomic E-state index is 0.0229. The van der Waals surface area contributed by atoms with E-state index in [0.717, 1.165) is 81.1 Å². The highest BCUT2D eigenvalue weighted by Crippen LogP contribution is 2.38. The molecule has 3 N–H and O–H groups in total. The zero-order chi connectivity index (χ0) is 71.0. The normalized spacial score (nSPS) is 15.3. The van der Waals surface area contributed by atoms with Gasteiger partial charge < -0.3 is 39.4 Å². The third-order valence-electron chi connectivity index (χ3n) is 17.8. The number of rotatable bonds is 25. The van der Waals surface area contributed by atoms with Gasteiger partial charge in [0.1, 0.15) is 23.7 Å². The highest BCUT2D eigenvalue weighted by Gasteiger charge is 2.39. The van der Waals surface area contributed by atoms with Crippen LogP contribution in [0.2, 0.25) is 0 Å². The Balaban J connectivity index is 0.000000271. The first kappa shape index (κ1) is 75.4. The molecule has 2 saturated heterocycles. The molecule has 22 heteroatoms. The molecule has 4 heterocycles. The molecule has 2 amide bonds. The molecular weight excluding hydrogens is 1250 g/mol. The maximum Gasteiger partial charge on any atom is 0.416 e. The van der Waals surface area contributed by atoms with Crippen LogP contribution in [0.3, 0.4) is 0 Å². The Bertz CT molecular complexity index is 3880. The number of nitrogens with zero attached hydrogens (tertiary/aromatic N) is 4. The van der Waals surface area contributed by atoms with Gasteiger partial charge >= 0.3 is 24.3 Å². The highest BCUT2D eigenvalue weighted by molar-refractivity contribution is 5.83. The van der Waals surface area contributed by atoms with Gasteiger partial charge in [-0.3, -0.25) is 28.8 Å². The van der Waals surface area contributed by atoms with Crippen LogP contribution < -0.4 is 21.8 Å². The number of nitrogens with one attached hydrogen (secondary N) is 2. The van der Waals surface area contributed by atoms with Crippen molar-refractivity contribution in [3.8, 4) is 22.3 Å². The SMILES string of the molecule is CCOC(=O)C[C@H](NC(=O)C(CC(C)C)n1cc(CCN2CC(C)C2)c(C(F)(F)F)cc1=O)c1cc(-c2c(C)cccc2C)cc(C)c1F.Cc1cc(-c2c(C)cccc2C)cc([C@H](CC(=O)O)NC(=O)C(CC(C)C)n2cc(CCN3CC(C)C3)c(C(F)(F)F)cc2=O)c1F. The largest absolute Gasteiger partial charge is 0.481 e. The molecule has 8 rings (SSSR count). The summed E-state index contributed by atoms with van der Waals surface area (Å²) in [5.74, 6) is -4.16.